The highest BCUT2D eigenvalue weighted by molar-refractivity contribution is 7.81. The molecule has 0 aromatic heterocycles. The molecule has 2 rings (SSSR count). The Hall–Kier alpha value is -1.04. The Labute approximate surface area is 105 Å². The van der Waals surface area contributed by atoms with Crippen molar-refractivity contribution in [1.29, 1.82) is 0 Å². The summed E-state index contributed by atoms with van der Waals surface area (Å²) in [5.41, 5.74) is 2.12. The molecule has 1 unspecified atom stereocenters. The summed E-state index contributed by atoms with van der Waals surface area (Å²) >= 11 is 4.30. The zero-order valence-electron chi connectivity index (χ0n) is 9.33. The van der Waals surface area contributed by atoms with Gasteiger partial charge in [-0.25, -0.2) is 0 Å². The predicted octanol–water partition coefficient (Wildman–Crippen LogP) is 0.706. The van der Waals surface area contributed by atoms with Crippen molar-refractivity contribution in [2.45, 2.75) is 24.9 Å². The second-order valence-corrected chi connectivity index (χ2v) is 4.92. The molecule has 1 heterocycles. The topological polar surface area (TPSA) is 60.8 Å². The van der Waals surface area contributed by atoms with E-state index in [2.05, 4.69) is 12.6 Å². The van der Waals surface area contributed by atoms with Crippen molar-refractivity contribution in [2.24, 2.45) is 0 Å². The van der Waals surface area contributed by atoms with Crippen molar-refractivity contribution < 1.29 is 15.0 Å². The fraction of sp³-hybridized carbons (Fsp3) is 0.417. The lowest BCUT2D eigenvalue weighted by Crippen LogP contribution is -2.24. The van der Waals surface area contributed by atoms with Gasteiger partial charge in [-0.1, -0.05) is 6.07 Å². The van der Waals surface area contributed by atoms with E-state index >= 15 is 0 Å². The maximum atomic E-state index is 11.7. The Morgan fingerprint density at radius 2 is 1.82 bits per heavy atom. The minimum absolute atomic E-state index is 0.0315. The van der Waals surface area contributed by atoms with Crippen LogP contribution >= 0.6 is 12.6 Å². The fourth-order valence-corrected chi connectivity index (χ4v) is 2.34. The molecular weight excluding hydrogens is 238 g/mol. The summed E-state index contributed by atoms with van der Waals surface area (Å²) in [6.45, 7) is 0.363. The largest absolute Gasteiger partial charge is 0.392 e. The van der Waals surface area contributed by atoms with Gasteiger partial charge in [-0.3, -0.25) is 4.79 Å². The SMILES string of the molecule is O=C1CC(S)CN1c1cc(CO)cc(CO)c1. The van der Waals surface area contributed by atoms with Gasteiger partial charge in [-0.2, -0.15) is 12.6 Å². The van der Waals surface area contributed by atoms with Gasteiger partial charge in [-0.15, -0.1) is 0 Å². The van der Waals surface area contributed by atoms with E-state index in [1.807, 2.05) is 0 Å². The molecule has 2 N–H and O–H groups in total. The first-order chi connectivity index (χ1) is 8.13. The number of aliphatic hydroxyl groups is 2. The summed E-state index contributed by atoms with van der Waals surface area (Å²) in [7, 11) is 0. The minimum Gasteiger partial charge on any atom is -0.392 e. The number of carbonyl (C=O) groups excluding carboxylic acids is 1. The lowest BCUT2D eigenvalue weighted by atomic mass is 10.1. The molecule has 1 saturated heterocycles. The number of amides is 1. The van der Waals surface area contributed by atoms with Gasteiger partial charge in [0.2, 0.25) is 5.91 Å². The molecule has 1 aromatic rings. The maximum Gasteiger partial charge on any atom is 0.228 e. The van der Waals surface area contributed by atoms with Crippen LogP contribution in [-0.4, -0.2) is 27.9 Å². The lowest BCUT2D eigenvalue weighted by molar-refractivity contribution is -0.117. The molecule has 0 radical (unpaired) electrons. The van der Waals surface area contributed by atoms with E-state index in [9.17, 15) is 4.79 Å². The number of thiol groups is 1. The quantitative estimate of drug-likeness (QED) is 0.695. The average molecular weight is 253 g/mol. The van der Waals surface area contributed by atoms with Crippen molar-refractivity contribution in [3.8, 4) is 0 Å². The monoisotopic (exact) mass is 253 g/mol. The van der Waals surface area contributed by atoms with Crippen molar-refractivity contribution in [2.75, 3.05) is 11.4 Å². The molecule has 0 aliphatic carbocycles. The number of carbonyl (C=O) groups is 1. The van der Waals surface area contributed by atoms with Gasteiger partial charge in [0.25, 0.3) is 0 Å². The maximum absolute atomic E-state index is 11.7. The van der Waals surface area contributed by atoms with Crippen LogP contribution in [0.1, 0.15) is 17.5 Å². The van der Waals surface area contributed by atoms with Crippen molar-refractivity contribution >= 4 is 24.2 Å². The normalized spacial score (nSPS) is 20.1. The van der Waals surface area contributed by atoms with Crippen LogP contribution < -0.4 is 4.90 Å². The first-order valence-corrected chi connectivity index (χ1v) is 5.98. The Morgan fingerprint density at radius 3 is 2.24 bits per heavy atom. The highest BCUT2D eigenvalue weighted by Gasteiger charge is 2.28. The minimum atomic E-state index is -0.104. The number of nitrogens with zero attached hydrogens (tertiary/aromatic N) is 1. The first-order valence-electron chi connectivity index (χ1n) is 5.47. The number of hydrogen-bond donors (Lipinski definition) is 3. The molecule has 1 fully saturated rings. The highest BCUT2D eigenvalue weighted by atomic mass is 32.1. The van der Waals surface area contributed by atoms with Crippen LogP contribution in [0, 0.1) is 0 Å². The molecule has 92 valence electrons. The van der Waals surface area contributed by atoms with Crippen molar-refractivity contribution in [3.63, 3.8) is 0 Å². The van der Waals surface area contributed by atoms with E-state index in [-0.39, 0.29) is 24.4 Å². The average Bonchev–Trinajstić information content (AvgIpc) is 2.67. The van der Waals surface area contributed by atoms with E-state index in [1.165, 1.54) is 0 Å². The molecule has 0 spiro atoms. The number of benzene rings is 1. The van der Waals surface area contributed by atoms with Crippen molar-refractivity contribution in [1.82, 2.24) is 0 Å². The summed E-state index contributed by atoms with van der Waals surface area (Å²) in [5.74, 6) is 0.0315. The van der Waals surface area contributed by atoms with E-state index in [0.29, 0.717) is 24.1 Å². The molecule has 5 heteroatoms. The summed E-state index contributed by atoms with van der Waals surface area (Å²) < 4.78 is 0. The van der Waals surface area contributed by atoms with Crippen LogP contribution in [0.4, 0.5) is 5.69 Å². The number of anilines is 1. The van der Waals surface area contributed by atoms with Gasteiger partial charge in [-0.05, 0) is 23.3 Å². The molecule has 0 bridgehead atoms. The fourth-order valence-electron chi connectivity index (χ4n) is 2.02. The Morgan fingerprint density at radius 1 is 1.24 bits per heavy atom. The number of hydrogen-bond acceptors (Lipinski definition) is 4. The molecule has 1 aromatic carbocycles. The molecule has 1 aliphatic heterocycles. The zero-order chi connectivity index (χ0) is 12.4. The predicted molar refractivity (Wildman–Crippen MR) is 68.0 cm³/mol. The summed E-state index contributed by atoms with van der Waals surface area (Å²) in [6, 6.07) is 5.26. The van der Waals surface area contributed by atoms with Crippen LogP contribution in [0.15, 0.2) is 18.2 Å². The highest BCUT2D eigenvalue weighted by Crippen LogP contribution is 2.26. The van der Waals surface area contributed by atoms with E-state index in [1.54, 1.807) is 23.1 Å². The third-order valence-electron chi connectivity index (χ3n) is 2.82. The summed E-state index contributed by atoms with van der Waals surface area (Å²) in [5, 5.41) is 18.3. The van der Waals surface area contributed by atoms with Gasteiger partial charge < -0.3 is 15.1 Å². The Kier molecular flexibility index (Phi) is 3.71. The summed E-state index contributed by atoms with van der Waals surface area (Å²) in [4.78, 5) is 13.4. The Bertz CT molecular complexity index is 414. The molecule has 1 atom stereocenters. The van der Waals surface area contributed by atoms with Crippen molar-refractivity contribution in [3.05, 3.63) is 29.3 Å². The molecule has 1 aliphatic rings. The van der Waals surface area contributed by atoms with Crippen LogP contribution in [0.3, 0.4) is 0 Å². The molecular formula is C12H15NO3S. The van der Waals surface area contributed by atoms with E-state index in [4.69, 9.17) is 10.2 Å². The molecule has 1 amide bonds. The second-order valence-electron chi connectivity index (χ2n) is 4.19. The van der Waals surface area contributed by atoms with Gasteiger partial charge >= 0.3 is 0 Å². The van der Waals surface area contributed by atoms with Gasteiger partial charge in [0, 0.05) is 23.9 Å². The van der Waals surface area contributed by atoms with Gasteiger partial charge in [0.15, 0.2) is 0 Å². The smallest absolute Gasteiger partial charge is 0.228 e. The first kappa shape index (κ1) is 12.4. The van der Waals surface area contributed by atoms with E-state index in [0.717, 1.165) is 5.69 Å². The molecule has 17 heavy (non-hydrogen) atoms. The standard InChI is InChI=1S/C12H15NO3S/c14-6-8-1-9(7-15)3-10(2-8)13-5-11(17)4-12(13)16/h1-3,11,14-15,17H,4-7H2. The van der Waals surface area contributed by atoms with Crippen LogP contribution in [0.25, 0.3) is 0 Å². The van der Waals surface area contributed by atoms with Crippen LogP contribution in [-0.2, 0) is 18.0 Å². The lowest BCUT2D eigenvalue weighted by Gasteiger charge is -2.18. The third kappa shape index (κ3) is 2.62. The van der Waals surface area contributed by atoms with E-state index < -0.39 is 0 Å². The third-order valence-corrected chi connectivity index (χ3v) is 3.16. The van der Waals surface area contributed by atoms with Gasteiger partial charge in [0.05, 0.1) is 13.2 Å². The second kappa shape index (κ2) is 5.08. The van der Waals surface area contributed by atoms with Crippen LogP contribution in [0.5, 0.6) is 0 Å². The zero-order valence-corrected chi connectivity index (χ0v) is 10.2. The molecule has 4 nitrogen and oxygen atoms in total. The van der Waals surface area contributed by atoms with Crippen LogP contribution in [0.2, 0.25) is 0 Å². The molecule has 0 saturated carbocycles. The number of aliphatic hydroxyl groups excluding tert-OH is 2. The number of rotatable bonds is 3. The van der Waals surface area contributed by atoms with Gasteiger partial charge in [0.1, 0.15) is 0 Å². The summed E-state index contributed by atoms with van der Waals surface area (Å²) in [6.07, 6.45) is 0.431. The Balaban J connectivity index is 2.34.